The number of thioether (sulfide) groups is 1. The molecule has 1 amide bonds. The molecule has 28 heavy (non-hydrogen) atoms. The third-order valence-corrected chi connectivity index (χ3v) is 6.95. The molecule has 7 heteroatoms. The molecule has 0 saturated heterocycles. The Bertz CT molecular complexity index is 1050. The SMILES string of the molecule is Cc1sc2nc(SCC(=O)NC(C)C(C)C)n(-c3ccccc3)c(=O)c2c1C. The average molecular weight is 416 g/mol. The van der Waals surface area contributed by atoms with E-state index >= 15 is 0 Å². The quantitative estimate of drug-likeness (QED) is 0.481. The van der Waals surface area contributed by atoms with E-state index in [0.29, 0.717) is 16.5 Å². The van der Waals surface area contributed by atoms with E-state index < -0.39 is 0 Å². The van der Waals surface area contributed by atoms with E-state index in [9.17, 15) is 9.59 Å². The Morgan fingerprint density at radius 2 is 1.89 bits per heavy atom. The molecule has 5 nitrogen and oxygen atoms in total. The maximum Gasteiger partial charge on any atom is 0.267 e. The van der Waals surface area contributed by atoms with Gasteiger partial charge in [0, 0.05) is 10.9 Å². The zero-order chi connectivity index (χ0) is 20.4. The first-order valence-corrected chi connectivity index (χ1v) is 11.1. The largest absolute Gasteiger partial charge is 0.353 e. The van der Waals surface area contributed by atoms with Gasteiger partial charge in [0.05, 0.1) is 16.8 Å². The highest BCUT2D eigenvalue weighted by molar-refractivity contribution is 7.99. The summed E-state index contributed by atoms with van der Waals surface area (Å²) in [6, 6.07) is 9.56. The van der Waals surface area contributed by atoms with Crippen LogP contribution in [0.4, 0.5) is 0 Å². The van der Waals surface area contributed by atoms with E-state index in [4.69, 9.17) is 4.98 Å². The van der Waals surface area contributed by atoms with Gasteiger partial charge in [0.25, 0.3) is 5.56 Å². The lowest BCUT2D eigenvalue weighted by atomic mass is 10.1. The van der Waals surface area contributed by atoms with Crippen LogP contribution in [0.1, 0.15) is 31.2 Å². The minimum absolute atomic E-state index is 0.0568. The molecule has 0 radical (unpaired) electrons. The van der Waals surface area contributed by atoms with Crippen LogP contribution >= 0.6 is 23.1 Å². The minimum atomic E-state index is -0.0866. The van der Waals surface area contributed by atoms with E-state index in [0.717, 1.165) is 21.0 Å². The summed E-state index contributed by atoms with van der Waals surface area (Å²) in [6.07, 6.45) is 0. The highest BCUT2D eigenvalue weighted by Gasteiger charge is 2.19. The molecule has 148 valence electrons. The Kier molecular flexibility index (Phi) is 6.25. The predicted octanol–water partition coefficient (Wildman–Crippen LogP) is 4.32. The molecule has 3 rings (SSSR count). The van der Waals surface area contributed by atoms with Gasteiger partial charge in [-0.25, -0.2) is 4.98 Å². The normalized spacial score (nSPS) is 12.5. The highest BCUT2D eigenvalue weighted by atomic mass is 32.2. The first-order valence-electron chi connectivity index (χ1n) is 9.30. The van der Waals surface area contributed by atoms with Crippen LogP contribution in [0.25, 0.3) is 15.9 Å². The van der Waals surface area contributed by atoms with Crippen molar-refractivity contribution in [2.75, 3.05) is 5.75 Å². The zero-order valence-electron chi connectivity index (χ0n) is 16.8. The summed E-state index contributed by atoms with van der Waals surface area (Å²) < 4.78 is 1.62. The van der Waals surface area contributed by atoms with Crippen LogP contribution in [-0.2, 0) is 4.79 Å². The number of para-hydroxylation sites is 1. The molecule has 0 bridgehead atoms. The Morgan fingerprint density at radius 1 is 1.21 bits per heavy atom. The van der Waals surface area contributed by atoms with Crippen LogP contribution in [0.5, 0.6) is 0 Å². The van der Waals surface area contributed by atoms with Crippen molar-refractivity contribution in [3.63, 3.8) is 0 Å². The van der Waals surface area contributed by atoms with Gasteiger partial charge in [0.1, 0.15) is 4.83 Å². The molecule has 1 atom stereocenters. The molecule has 0 fully saturated rings. The number of thiophene rings is 1. The van der Waals surface area contributed by atoms with Gasteiger partial charge in [0.2, 0.25) is 5.91 Å². The number of nitrogens with zero attached hydrogens (tertiary/aromatic N) is 2. The fourth-order valence-electron chi connectivity index (χ4n) is 2.77. The Hall–Kier alpha value is -2.12. The minimum Gasteiger partial charge on any atom is -0.353 e. The van der Waals surface area contributed by atoms with Crippen LogP contribution in [0.3, 0.4) is 0 Å². The number of aryl methyl sites for hydroxylation is 2. The zero-order valence-corrected chi connectivity index (χ0v) is 18.4. The fourth-order valence-corrected chi connectivity index (χ4v) is 4.66. The molecule has 0 spiro atoms. The second-order valence-corrected chi connectivity index (χ2v) is 9.37. The number of aromatic nitrogens is 2. The Labute approximate surface area is 173 Å². The summed E-state index contributed by atoms with van der Waals surface area (Å²) in [5, 5.41) is 4.20. The average Bonchev–Trinajstić information content (AvgIpc) is 2.94. The Balaban J connectivity index is 2.01. The van der Waals surface area contributed by atoms with Crippen molar-refractivity contribution in [1.82, 2.24) is 14.9 Å². The lowest BCUT2D eigenvalue weighted by Gasteiger charge is -2.17. The predicted molar refractivity (Wildman–Crippen MR) is 118 cm³/mol. The number of carbonyl (C=O) groups excluding carboxylic acids is 1. The van der Waals surface area contributed by atoms with Gasteiger partial charge in [-0.05, 0) is 44.4 Å². The van der Waals surface area contributed by atoms with Gasteiger partial charge in [0.15, 0.2) is 5.16 Å². The van der Waals surface area contributed by atoms with E-state index in [1.165, 1.54) is 23.1 Å². The summed E-state index contributed by atoms with van der Waals surface area (Å²) in [5.41, 5.74) is 1.64. The van der Waals surface area contributed by atoms with Crippen molar-refractivity contribution in [2.24, 2.45) is 5.92 Å². The standard InChI is InChI=1S/C21H25N3O2S2/c1-12(2)14(4)22-17(25)11-27-21-23-19-18(13(3)15(5)28-19)20(26)24(21)16-9-7-6-8-10-16/h6-10,12,14H,11H2,1-5H3,(H,22,25). The van der Waals surface area contributed by atoms with Gasteiger partial charge in [-0.2, -0.15) is 0 Å². The monoisotopic (exact) mass is 415 g/mol. The molecule has 1 N–H and O–H groups in total. The molecular weight excluding hydrogens is 390 g/mol. The van der Waals surface area contributed by atoms with Crippen molar-refractivity contribution in [3.8, 4) is 5.69 Å². The highest BCUT2D eigenvalue weighted by Crippen LogP contribution is 2.29. The van der Waals surface area contributed by atoms with E-state index in [-0.39, 0.29) is 23.3 Å². The first kappa shape index (κ1) is 20.6. The van der Waals surface area contributed by atoms with Gasteiger partial charge < -0.3 is 5.32 Å². The van der Waals surface area contributed by atoms with Crippen LogP contribution in [0.15, 0.2) is 40.3 Å². The third kappa shape index (κ3) is 4.15. The summed E-state index contributed by atoms with van der Waals surface area (Å²) in [6.45, 7) is 10.1. The maximum atomic E-state index is 13.3. The number of hydrogen-bond donors (Lipinski definition) is 1. The van der Waals surface area contributed by atoms with Crippen molar-refractivity contribution >= 4 is 39.2 Å². The number of rotatable bonds is 6. The number of amides is 1. The van der Waals surface area contributed by atoms with Gasteiger partial charge in [-0.15, -0.1) is 11.3 Å². The maximum absolute atomic E-state index is 13.3. The van der Waals surface area contributed by atoms with Crippen LogP contribution in [0.2, 0.25) is 0 Å². The number of benzene rings is 1. The van der Waals surface area contributed by atoms with Crippen molar-refractivity contribution in [2.45, 2.75) is 45.8 Å². The number of hydrogen-bond acceptors (Lipinski definition) is 5. The molecule has 0 aliphatic rings. The molecule has 2 aromatic heterocycles. The van der Waals surface area contributed by atoms with Crippen molar-refractivity contribution in [3.05, 3.63) is 51.1 Å². The second-order valence-electron chi connectivity index (χ2n) is 7.22. The van der Waals surface area contributed by atoms with E-state index in [1.54, 1.807) is 4.57 Å². The smallest absolute Gasteiger partial charge is 0.267 e. The summed E-state index contributed by atoms with van der Waals surface area (Å²) in [7, 11) is 0. The third-order valence-electron chi connectivity index (χ3n) is 4.91. The van der Waals surface area contributed by atoms with Gasteiger partial charge >= 0.3 is 0 Å². The summed E-state index contributed by atoms with van der Waals surface area (Å²) >= 11 is 2.82. The van der Waals surface area contributed by atoms with Gasteiger partial charge in [-0.1, -0.05) is 43.8 Å². The molecule has 0 aliphatic carbocycles. The second kappa shape index (κ2) is 8.49. The molecule has 0 aliphatic heterocycles. The molecule has 1 unspecified atom stereocenters. The fraction of sp³-hybridized carbons (Fsp3) is 0.381. The molecule has 2 heterocycles. The van der Waals surface area contributed by atoms with Crippen molar-refractivity contribution in [1.29, 1.82) is 0 Å². The molecule has 3 aromatic rings. The van der Waals surface area contributed by atoms with E-state index in [1.807, 2.05) is 51.1 Å². The van der Waals surface area contributed by atoms with Crippen LogP contribution < -0.4 is 10.9 Å². The van der Waals surface area contributed by atoms with Crippen LogP contribution in [0, 0.1) is 19.8 Å². The van der Waals surface area contributed by atoms with E-state index in [2.05, 4.69) is 19.2 Å². The lowest BCUT2D eigenvalue weighted by molar-refractivity contribution is -0.119. The molecular formula is C21H25N3O2S2. The lowest BCUT2D eigenvalue weighted by Crippen LogP contribution is -2.37. The van der Waals surface area contributed by atoms with Crippen LogP contribution in [-0.4, -0.2) is 27.3 Å². The molecule has 0 saturated carbocycles. The van der Waals surface area contributed by atoms with Gasteiger partial charge in [-0.3, -0.25) is 14.2 Å². The number of fused-ring (bicyclic) bond motifs is 1. The van der Waals surface area contributed by atoms with Crippen molar-refractivity contribution < 1.29 is 4.79 Å². The number of carbonyl (C=O) groups is 1. The summed E-state index contributed by atoms with van der Waals surface area (Å²) in [5.74, 6) is 0.521. The number of nitrogens with one attached hydrogen (secondary N) is 1. The first-order chi connectivity index (χ1) is 13.3. The summed E-state index contributed by atoms with van der Waals surface area (Å²) in [4.78, 5) is 32.2. The molecule has 1 aromatic carbocycles. The Morgan fingerprint density at radius 3 is 2.54 bits per heavy atom. The topological polar surface area (TPSA) is 64.0 Å².